The van der Waals surface area contributed by atoms with E-state index in [2.05, 4.69) is 11.7 Å². The molecule has 0 fully saturated rings. The second-order valence-electron chi connectivity index (χ2n) is 5.75. The van der Waals surface area contributed by atoms with Crippen LogP contribution in [-0.2, 0) is 19.1 Å². The van der Waals surface area contributed by atoms with E-state index in [9.17, 15) is 14.4 Å². The standard InChI is InChI=1S/C17H26O5/c1-2-3-4-5-6-7-8-9-10-13-14(11-12-15(18)19)17(21)22-16(13)20/h2-12H2,1H3,(H,18,19). The highest BCUT2D eigenvalue weighted by Crippen LogP contribution is 2.26. The summed E-state index contributed by atoms with van der Waals surface area (Å²) in [4.78, 5) is 33.8. The van der Waals surface area contributed by atoms with Crippen LogP contribution in [0.5, 0.6) is 0 Å². The molecule has 0 spiro atoms. The topological polar surface area (TPSA) is 80.7 Å². The van der Waals surface area contributed by atoms with Gasteiger partial charge in [0.05, 0.1) is 0 Å². The maximum atomic E-state index is 11.6. The van der Waals surface area contributed by atoms with Gasteiger partial charge in [0.1, 0.15) is 0 Å². The first-order chi connectivity index (χ1) is 10.6. The second kappa shape index (κ2) is 10.1. The molecule has 1 aliphatic rings. The Morgan fingerprint density at radius 2 is 1.36 bits per heavy atom. The number of carboxylic acid groups (broad SMARTS) is 1. The zero-order valence-electron chi connectivity index (χ0n) is 13.4. The van der Waals surface area contributed by atoms with Gasteiger partial charge >= 0.3 is 17.9 Å². The number of hydrogen-bond acceptors (Lipinski definition) is 4. The van der Waals surface area contributed by atoms with Crippen molar-refractivity contribution in [2.24, 2.45) is 0 Å². The fourth-order valence-corrected chi connectivity index (χ4v) is 2.63. The first kappa shape index (κ1) is 18.4. The third-order valence-corrected chi connectivity index (χ3v) is 3.91. The molecule has 0 atom stereocenters. The Balaban J connectivity index is 2.32. The Kier molecular flexibility index (Phi) is 8.48. The van der Waals surface area contributed by atoms with Crippen LogP contribution in [-0.4, -0.2) is 23.0 Å². The van der Waals surface area contributed by atoms with Crippen LogP contribution < -0.4 is 0 Å². The number of rotatable bonds is 12. The van der Waals surface area contributed by atoms with Crippen LogP contribution in [0.1, 0.15) is 77.6 Å². The summed E-state index contributed by atoms with van der Waals surface area (Å²) in [6.07, 6.45) is 9.67. The summed E-state index contributed by atoms with van der Waals surface area (Å²) in [6.45, 7) is 2.19. The van der Waals surface area contributed by atoms with Crippen molar-refractivity contribution in [1.82, 2.24) is 0 Å². The third-order valence-electron chi connectivity index (χ3n) is 3.91. The number of hydrogen-bond donors (Lipinski definition) is 1. The van der Waals surface area contributed by atoms with Gasteiger partial charge in [-0.1, -0.05) is 51.9 Å². The van der Waals surface area contributed by atoms with E-state index in [0.717, 1.165) is 19.3 Å². The normalized spacial score (nSPS) is 14.6. The maximum Gasteiger partial charge on any atom is 0.342 e. The van der Waals surface area contributed by atoms with Crippen molar-refractivity contribution >= 4 is 17.9 Å². The first-order valence-electron chi connectivity index (χ1n) is 8.26. The molecule has 22 heavy (non-hydrogen) atoms. The van der Waals surface area contributed by atoms with Gasteiger partial charge in [-0.2, -0.15) is 0 Å². The average molecular weight is 310 g/mol. The minimum Gasteiger partial charge on any atom is -0.481 e. The van der Waals surface area contributed by atoms with E-state index >= 15 is 0 Å². The number of aliphatic carboxylic acids is 1. The molecule has 0 aliphatic carbocycles. The molecule has 5 nitrogen and oxygen atoms in total. The average Bonchev–Trinajstić information content (AvgIpc) is 2.73. The fraction of sp³-hybridized carbons (Fsp3) is 0.706. The molecule has 0 saturated heterocycles. The molecule has 0 aromatic rings. The van der Waals surface area contributed by atoms with Crippen molar-refractivity contribution in [3.63, 3.8) is 0 Å². The zero-order chi connectivity index (χ0) is 16.4. The van der Waals surface area contributed by atoms with Crippen LogP contribution in [0, 0.1) is 0 Å². The Morgan fingerprint density at radius 1 is 0.864 bits per heavy atom. The second-order valence-corrected chi connectivity index (χ2v) is 5.75. The van der Waals surface area contributed by atoms with E-state index in [1.807, 2.05) is 0 Å². The van der Waals surface area contributed by atoms with E-state index < -0.39 is 17.9 Å². The summed E-state index contributed by atoms with van der Waals surface area (Å²) in [6, 6.07) is 0. The molecule has 0 unspecified atom stereocenters. The lowest BCUT2D eigenvalue weighted by molar-refractivity contribution is -0.151. The van der Waals surface area contributed by atoms with Gasteiger partial charge in [0.15, 0.2) is 0 Å². The lowest BCUT2D eigenvalue weighted by Gasteiger charge is -2.03. The van der Waals surface area contributed by atoms with E-state index in [0.29, 0.717) is 12.0 Å². The van der Waals surface area contributed by atoms with Gasteiger partial charge in [-0.15, -0.1) is 0 Å². The predicted molar refractivity (Wildman–Crippen MR) is 82.2 cm³/mol. The predicted octanol–water partition coefficient (Wildman–Crippen LogP) is 3.76. The number of esters is 2. The van der Waals surface area contributed by atoms with E-state index in [4.69, 9.17) is 5.11 Å². The van der Waals surface area contributed by atoms with Crippen molar-refractivity contribution in [3.8, 4) is 0 Å². The van der Waals surface area contributed by atoms with E-state index in [1.54, 1.807) is 0 Å². The molecule has 1 heterocycles. The quantitative estimate of drug-likeness (QED) is 0.337. The van der Waals surface area contributed by atoms with Crippen LogP contribution in [0.15, 0.2) is 11.1 Å². The molecule has 1 N–H and O–H groups in total. The van der Waals surface area contributed by atoms with Gasteiger partial charge in [0, 0.05) is 17.6 Å². The molecule has 1 rings (SSSR count). The number of ether oxygens (including phenoxy) is 1. The van der Waals surface area contributed by atoms with Crippen LogP contribution in [0.25, 0.3) is 0 Å². The highest BCUT2D eigenvalue weighted by Gasteiger charge is 2.32. The van der Waals surface area contributed by atoms with Crippen molar-refractivity contribution in [1.29, 1.82) is 0 Å². The van der Waals surface area contributed by atoms with Crippen LogP contribution in [0.4, 0.5) is 0 Å². The van der Waals surface area contributed by atoms with Crippen LogP contribution in [0.3, 0.4) is 0 Å². The molecule has 124 valence electrons. The molecule has 0 radical (unpaired) electrons. The summed E-state index contributed by atoms with van der Waals surface area (Å²) in [5.74, 6) is -2.24. The number of unbranched alkanes of at least 4 members (excludes halogenated alkanes) is 7. The van der Waals surface area contributed by atoms with Crippen molar-refractivity contribution < 1.29 is 24.2 Å². The summed E-state index contributed by atoms with van der Waals surface area (Å²) >= 11 is 0. The van der Waals surface area contributed by atoms with Gasteiger partial charge < -0.3 is 9.84 Å². The van der Waals surface area contributed by atoms with Crippen LogP contribution >= 0.6 is 0 Å². The molecule has 0 aromatic heterocycles. The summed E-state index contributed by atoms with van der Waals surface area (Å²) in [5.41, 5.74) is 0.646. The number of carboxylic acids is 1. The lowest BCUT2D eigenvalue weighted by Crippen LogP contribution is -2.03. The van der Waals surface area contributed by atoms with Crippen molar-refractivity contribution in [2.45, 2.75) is 77.6 Å². The highest BCUT2D eigenvalue weighted by molar-refractivity contribution is 6.12. The number of carbonyl (C=O) groups excluding carboxylic acids is 2. The third kappa shape index (κ3) is 6.41. The summed E-state index contributed by atoms with van der Waals surface area (Å²) in [5, 5.41) is 8.69. The minimum absolute atomic E-state index is 0.0757. The van der Waals surface area contributed by atoms with Gasteiger partial charge in [-0.05, 0) is 19.3 Å². The minimum atomic E-state index is -0.980. The summed E-state index contributed by atoms with van der Waals surface area (Å²) < 4.78 is 4.60. The SMILES string of the molecule is CCCCCCCCCCC1=C(CCC(=O)O)C(=O)OC1=O. The molecule has 5 heteroatoms. The van der Waals surface area contributed by atoms with Crippen molar-refractivity contribution in [2.75, 3.05) is 0 Å². The van der Waals surface area contributed by atoms with Gasteiger partial charge in [-0.3, -0.25) is 4.79 Å². The Labute approximate surface area is 131 Å². The molecule has 0 bridgehead atoms. The fourth-order valence-electron chi connectivity index (χ4n) is 2.63. The maximum absolute atomic E-state index is 11.6. The van der Waals surface area contributed by atoms with Gasteiger partial charge in [0.25, 0.3) is 0 Å². The molecule has 0 saturated carbocycles. The van der Waals surface area contributed by atoms with Gasteiger partial charge in [0.2, 0.25) is 0 Å². The van der Waals surface area contributed by atoms with E-state index in [1.165, 1.54) is 32.1 Å². The Hall–Kier alpha value is -1.65. The number of cyclic esters (lactones) is 2. The Morgan fingerprint density at radius 3 is 1.91 bits per heavy atom. The van der Waals surface area contributed by atoms with Crippen LogP contribution in [0.2, 0.25) is 0 Å². The number of carbonyl (C=O) groups is 3. The first-order valence-corrected chi connectivity index (χ1v) is 8.26. The molecule has 1 aliphatic heterocycles. The molecule has 0 aromatic carbocycles. The monoisotopic (exact) mass is 310 g/mol. The van der Waals surface area contributed by atoms with Crippen molar-refractivity contribution in [3.05, 3.63) is 11.1 Å². The largest absolute Gasteiger partial charge is 0.481 e. The summed E-state index contributed by atoms with van der Waals surface area (Å²) in [7, 11) is 0. The molecular weight excluding hydrogens is 284 g/mol. The lowest BCUT2D eigenvalue weighted by atomic mass is 9.99. The van der Waals surface area contributed by atoms with E-state index in [-0.39, 0.29) is 18.4 Å². The Bertz CT molecular complexity index is 436. The smallest absolute Gasteiger partial charge is 0.342 e. The zero-order valence-corrected chi connectivity index (χ0v) is 13.4. The molecular formula is C17H26O5. The van der Waals surface area contributed by atoms with Gasteiger partial charge in [-0.25, -0.2) is 9.59 Å². The molecule has 0 amide bonds. The highest BCUT2D eigenvalue weighted by atomic mass is 16.6.